The first-order valence-corrected chi connectivity index (χ1v) is 9.62. The standard InChI is InChI=1S/C19H22N2O5S/c1-4-25-18(22)10-21-15-9-13(5-6-16(15)26-12(2)19(21)23)14-11-27-17(20-14)7-8-24-3/h5-6,9,11-12H,4,7-8,10H2,1-3H3. The highest BCUT2D eigenvalue weighted by molar-refractivity contribution is 7.09. The second-order valence-corrected chi connectivity index (χ2v) is 6.98. The van der Waals surface area contributed by atoms with Crippen molar-refractivity contribution in [2.24, 2.45) is 0 Å². The predicted molar refractivity (Wildman–Crippen MR) is 102 cm³/mol. The minimum Gasteiger partial charge on any atom is -0.479 e. The van der Waals surface area contributed by atoms with E-state index in [0.717, 1.165) is 22.7 Å². The van der Waals surface area contributed by atoms with Crippen molar-refractivity contribution in [3.63, 3.8) is 0 Å². The van der Waals surface area contributed by atoms with Gasteiger partial charge in [-0.3, -0.25) is 14.5 Å². The number of carbonyl (C=O) groups is 2. The lowest BCUT2D eigenvalue weighted by atomic mass is 10.1. The first-order valence-electron chi connectivity index (χ1n) is 8.75. The summed E-state index contributed by atoms with van der Waals surface area (Å²) in [4.78, 5) is 30.6. The number of rotatable bonds is 7. The first-order chi connectivity index (χ1) is 13.0. The summed E-state index contributed by atoms with van der Waals surface area (Å²) in [7, 11) is 1.66. The first kappa shape index (κ1) is 19.3. The zero-order chi connectivity index (χ0) is 19.4. The highest BCUT2D eigenvalue weighted by Gasteiger charge is 2.33. The van der Waals surface area contributed by atoms with E-state index in [0.29, 0.717) is 18.0 Å². The minimum atomic E-state index is -0.655. The molecule has 144 valence electrons. The second-order valence-electron chi connectivity index (χ2n) is 6.04. The van der Waals surface area contributed by atoms with Crippen LogP contribution in [0.2, 0.25) is 0 Å². The molecular formula is C19H22N2O5S. The fourth-order valence-electron chi connectivity index (χ4n) is 2.81. The molecule has 0 bridgehead atoms. The summed E-state index contributed by atoms with van der Waals surface area (Å²) in [6.45, 7) is 4.14. The van der Waals surface area contributed by atoms with Gasteiger partial charge >= 0.3 is 5.97 Å². The van der Waals surface area contributed by atoms with Crippen molar-refractivity contribution in [3.05, 3.63) is 28.6 Å². The number of anilines is 1. The number of nitrogens with zero attached hydrogens (tertiary/aromatic N) is 2. The van der Waals surface area contributed by atoms with Crippen LogP contribution in [-0.4, -0.2) is 49.8 Å². The number of esters is 1. The molecule has 1 aliphatic rings. The van der Waals surface area contributed by atoms with Crippen LogP contribution in [0.4, 0.5) is 5.69 Å². The van der Waals surface area contributed by atoms with Crippen molar-refractivity contribution in [2.75, 3.05) is 31.8 Å². The molecule has 0 aliphatic carbocycles. The van der Waals surface area contributed by atoms with E-state index in [4.69, 9.17) is 14.2 Å². The van der Waals surface area contributed by atoms with E-state index >= 15 is 0 Å². The highest BCUT2D eigenvalue weighted by atomic mass is 32.1. The highest BCUT2D eigenvalue weighted by Crippen LogP contribution is 2.37. The van der Waals surface area contributed by atoms with Gasteiger partial charge in [-0.2, -0.15) is 0 Å². The maximum Gasteiger partial charge on any atom is 0.326 e. The molecule has 0 saturated carbocycles. The normalized spacial score (nSPS) is 16.0. The van der Waals surface area contributed by atoms with Crippen LogP contribution in [0.15, 0.2) is 23.6 Å². The second kappa shape index (κ2) is 8.49. The van der Waals surface area contributed by atoms with Crippen molar-refractivity contribution in [3.8, 4) is 17.0 Å². The number of fused-ring (bicyclic) bond motifs is 1. The molecule has 1 amide bonds. The Morgan fingerprint density at radius 3 is 2.96 bits per heavy atom. The summed E-state index contributed by atoms with van der Waals surface area (Å²) < 4.78 is 15.8. The number of hydrogen-bond donors (Lipinski definition) is 0. The van der Waals surface area contributed by atoms with Crippen molar-refractivity contribution < 1.29 is 23.8 Å². The molecule has 1 aromatic heterocycles. The van der Waals surface area contributed by atoms with Crippen molar-refractivity contribution in [1.29, 1.82) is 0 Å². The van der Waals surface area contributed by atoms with Crippen LogP contribution in [0.25, 0.3) is 11.3 Å². The largest absolute Gasteiger partial charge is 0.479 e. The molecule has 3 rings (SSSR count). The molecule has 0 spiro atoms. The van der Waals surface area contributed by atoms with Crippen molar-refractivity contribution in [2.45, 2.75) is 26.4 Å². The number of aromatic nitrogens is 1. The number of benzene rings is 1. The molecule has 0 saturated heterocycles. The smallest absolute Gasteiger partial charge is 0.326 e. The monoisotopic (exact) mass is 390 g/mol. The van der Waals surface area contributed by atoms with E-state index < -0.39 is 12.1 Å². The number of methoxy groups -OCH3 is 1. The van der Waals surface area contributed by atoms with Crippen LogP contribution in [0, 0.1) is 0 Å². The van der Waals surface area contributed by atoms with Gasteiger partial charge in [0, 0.05) is 24.5 Å². The molecule has 1 unspecified atom stereocenters. The van der Waals surface area contributed by atoms with Crippen molar-refractivity contribution in [1.82, 2.24) is 4.98 Å². The third-order valence-electron chi connectivity index (χ3n) is 4.13. The summed E-state index contributed by atoms with van der Waals surface area (Å²) in [6.07, 6.45) is 0.0953. The van der Waals surface area contributed by atoms with Gasteiger partial charge in [-0.05, 0) is 32.0 Å². The molecule has 27 heavy (non-hydrogen) atoms. The van der Waals surface area contributed by atoms with Gasteiger partial charge in [0.2, 0.25) is 0 Å². The number of ether oxygens (including phenoxy) is 3. The SMILES string of the molecule is CCOC(=O)CN1C(=O)C(C)Oc2ccc(-c3csc(CCOC)n3)cc21. The molecule has 0 radical (unpaired) electrons. The van der Waals surface area contributed by atoms with Gasteiger partial charge in [0.15, 0.2) is 6.10 Å². The Kier molecular flexibility index (Phi) is 6.08. The summed E-state index contributed by atoms with van der Waals surface area (Å²) in [5.74, 6) is -0.163. The Balaban J connectivity index is 1.91. The number of amides is 1. The average molecular weight is 390 g/mol. The molecule has 8 heteroatoms. The average Bonchev–Trinajstić information content (AvgIpc) is 3.12. The minimum absolute atomic E-state index is 0.146. The Bertz CT molecular complexity index is 835. The van der Waals surface area contributed by atoms with Gasteiger partial charge in [0.05, 0.1) is 29.6 Å². The third-order valence-corrected chi connectivity index (χ3v) is 5.04. The molecular weight excluding hydrogens is 368 g/mol. The third kappa shape index (κ3) is 4.28. The van der Waals surface area contributed by atoms with Gasteiger partial charge in [0.1, 0.15) is 12.3 Å². The van der Waals surface area contributed by atoms with Crippen LogP contribution in [0.3, 0.4) is 0 Å². The molecule has 1 atom stereocenters. The van der Waals surface area contributed by atoms with Gasteiger partial charge in [-0.1, -0.05) is 0 Å². The summed E-state index contributed by atoms with van der Waals surface area (Å²) >= 11 is 1.56. The lowest BCUT2D eigenvalue weighted by Gasteiger charge is -2.32. The summed E-state index contributed by atoms with van der Waals surface area (Å²) in [5, 5.41) is 2.95. The fourth-order valence-corrected chi connectivity index (χ4v) is 3.60. The Morgan fingerprint density at radius 1 is 1.41 bits per heavy atom. The number of thiazole rings is 1. The number of hydrogen-bond acceptors (Lipinski definition) is 7. The van der Waals surface area contributed by atoms with Crippen molar-refractivity contribution >= 4 is 28.9 Å². The van der Waals surface area contributed by atoms with E-state index in [2.05, 4.69) is 4.98 Å². The zero-order valence-corrected chi connectivity index (χ0v) is 16.4. The lowest BCUT2D eigenvalue weighted by Crippen LogP contribution is -2.47. The van der Waals surface area contributed by atoms with Gasteiger partial charge < -0.3 is 14.2 Å². The molecule has 7 nitrogen and oxygen atoms in total. The van der Waals surface area contributed by atoms with Gasteiger partial charge in [-0.25, -0.2) is 4.98 Å². The van der Waals surface area contributed by atoms with Crippen LogP contribution in [0.5, 0.6) is 5.75 Å². The molecule has 0 N–H and O–H groups in total. The Hall–Kier alpha value is -2.45. The molecule has 1 aromatic carbocycles. The Morgan fingerprint density at radius 2 is 2.22 bits per heavy atom. The molecule has 2 aromatic rings. The summed E-state index contributed by atoms with van der Waals surface area (Å²) in [5.41, 5.74) is 2.22. The fraction of sp³-hybridized carbons (Fsp3) is 0.421. The molecule has 1 aliphatic heterocycles. The summed E-state index contributed by atoms with van der Waals surface area (Å²) in [6, 6.07) is 5.53. The van der Waals surface area contributed by atoms with Crippen LogP contribution < -0.4 is 9.64 Å². The van der Waals surface area contributed by atoms with Gasteiger partial charge in [-0.15, -0.1) is 11.3 Å². The maximum absolute atomic E-state index is 12.6. The number of carbonyl (C=O) groups excluding carboxylic acids is 2. The quantitative estimate of drug-likeness (QED) is 0.677. The maximum atomic E-state index is 12.6. The predicted octanol–water partition coefficient (Wildman–Crippen LogP) is 2.68. The molecule has 2 heterocycles. The van der Waals surface area contributed by atoms with Gasteiger partial charge in [0.25, 0.3) is 5.91 Å². The van der Waals surface area contributed by atoms with E-state index in [1.165, 1.54) is 4.90 Å². The topological polar surface area (TPSA) is 78.0 Å². The lowest BCUT2D eigenvalue weighted by molar-refractivity contribution is -0.143. The Labute approximate surface area is 161 Å². The van der Waals surface area contributed by atoms with Crippen LogP contribution >= 0.6 is 11.3 Å². The van der Waals surface area contributed by atoms with E-state index in [9.17, 15) is 9.59 Å². The zero-order valence-electron chi connectivity index (χ0n) is 15.6. The van der Waals surface area contributed by atoms with E-state index in [1.54, 1.807) is 38.4 Å². The molecule has 0 fully saturated rings. The van der Waals surface area contributed by atoms with Crippen LogP contribution in [-0.2, 0) is 25.5 Å². The van der Waals surface area contributed by atoms with Crippen LogP contribution in [0.1, 0.15) is 18.9 Å². The van der Waals surface area contributed by atoms with E-state index in [-0.39, 0.29) is 19.1 Å². The van der Waals surface area contributed by atoms with E-state index in [1.807, 2.05) is 17.5 Å².